The summed E-state index contributed by atoms with van der Waals surface area (Å²) >= 11 is 0. The van der Waals surface area contributed by atoms with Crippen molar-refractivity contribution in [2.24, 2.45) is 0 Å². The maximum atomic E-state index is 12.3. The standard InChI is InChI=1S/C24H27NO5/c1-6-18-16(3)23(30-24(26)28-14-13-27-5)22-17(4)21(12-11-19(22)25-18)29-20-10-8-7-9-15(20)2/h7-12H,6,13-14H2,1-5H3. The summed E-state index contributed by atoms with van der Waals surface area (Å²) < 4.78 is 21.8. The smallest absolute Gasteiger partial charge is 0.457 e. The van der Waals surface area contributed by atoms with Crippen LogP contribution >= 0.6 is 0 Å². The number of aromatic nitrogens is 1. The third-order valence-corrected chi connectivity index (χ3v) is 4.99. The lowest BCUT2D eigenvalue weighted by Crippen LogP contribution is -2.15. The quantitative estimate of drug-likeness (QED) is 0.370. The number of ether oxygens (including phenoxy) is 4. The van der Waals surface area contributed by atoms with E-state index in [1.165, 1.54) is 0 Å². The molecule has 0 amide bonds. The Morgan fingerprint density at radius 2 is 1.73 bits per heavy atom. The van der Waals surface area contributed by atoms with E-state index in [1.54, 1.807) is 7.11 Å². The molecule has 0 radical (unpaired) electrons. The Morgan fingerprint density at radius 3 is 2.43 bits per heavy atom. The van der Waals surface area contributed by atoms with Crippen LogP contribution in [0.5, 0.6) is 17.2 Å². The van der Waals surface area contributed by atoms with Crippen LogP contribution in [0.15, 0.2) is 36.4 Å². The first kappa shape index (κ1) is 21.6. The average molecular weight is 409 g/mol. The highest BCUT2D eigenvalue weighted by Crippen LogP contribution is 2.38. The molecule has 0 N–H and O–H groups in total. The highest BCUT2D eigenvalue weighted by molar-refractivity contribution is 5.93. The lowest BCUT2D eigenvalue weighted by atomic mass is 10.0. The fourth-order valence-corrected chi connectivity index (χ4v) is 3.30. The molecule has 0 bridgehead atoms. The highest BCUT2D eigenvalue weighted by Gasteiger charge is 2.20. The molecule has 3 aromatic rings. The van der Waals surface area contributed by atoms with E-state index >= 15 is 0 Å². The topological polar surface area (TPSA) is 66.9 Å². The molecule has 6 heteroatoms. The molecule has 0 spiro atoms. The van der Waals surface area contributed by atoms with Crippen molar-refractivity contribution in [3.05, 3.63) is 58.8 Å². The van der Waals surface area contributed by atoms with Crippen molar-refractivity contribution in [2.75, 3.05) is 20.3 Å². The van der Waals surface area contributed by atoms with Gasteiger partial charge >= 0.3 is 6.16 Å². The monoisotopic (exact) mass is 409 g/mol. The molecular formula is C24H27NO5. The van der Waals surface area contributed by atoms with E-state index in [4.69, 9.17) is 23.9 Å². The van der Waals surface area contributed by atoms with Crippen LogP contribution in [0.3, 0.4) is 0 Å². The summed E-state index contributed by atoms with van der Waals surface area (Å²) in [6.07, 6.45) is -0.0495. The van der Waals surface area contributed by atoms with Crippen LogP contribution in [0.25, 0.3) is 10.9 Å². The number of aryl methyl sites for hydroxylation is 3. The third-order valence-electron chi connectivity index (χ3n) is 4.99. The molecule has 0 saturated heterocycles. The number of methoxy groups -OCH3 is 1. The van der Waals surface area contributed by atoms with Crippen molar-refractivity contribution in [3.8, 4) is 17.2 Å². The van der Waals surface area contributed by atoms with Gasteiger partial charge in [-0.2, -0.15) is 0 Å². The Balaban J connectivity index is 2.06. The van der Waals surface area contributed by atoms with E-state index in [0.717, 1.165) is 45.5 Å². The number of carbonyl (C=O) groups excluding carboxylic acids is 1. The summed E-state index contributed by atoms with van der Waals surface area (Å²) in [6, 6.07) is 11.6. The Hall–Kier alpha value is -3.12. The Kier molecular flexibility index (Phi) is 6.90. The molecule has 3 rings (SSSR count). The van der Waals surface area contributed by atoms with E-state index in [1.807, 2.05) is 64.1 Å². The molecule has 0 aliphatic rings. The van der Waals surface area contributed by atoms with E-state index < -0.39 is 6.16 Å². The van der Waals surface area contributed by atoms with Gasteiger partial charge in [-0.25, -0.2) is 4.79 Å². The van der Waals surface area contributed by atoms with Gasteiger partial charge in [0.1, 0.15) is 23.9 Å². The summed E-state index contributed by atoms with van der Waals surface area (Å²) in [4.78, 5) is 17.0. The molecule has 0 fully saturated rings. The zero-order chi connectivity index (χ0) is 21.7. The summed E-state index contributed by atoms with van der Waals surface area (Å²) in [6.45, 7) is 8.28. The van der Waals surface area contributed by atoms with Crippen molar-refractivity contribution in [2.45, 2.75) is 34.1 Å². The average Bonchev–Trinajstić information content (AvgIpc) is 2.73. The number of fused-ring (bicyclic) bond motifs is 1. The predicted molar refractivity (Wildman–Crippen MR) is 116 cm³/mol. The first-order chi connectivity index (χ1) is 14.5. The van der Waals surface area contributed by atoms with Crippen molar-refractivity contribution in [1.82, 2.24) is 4.98 Å². The fraction of sp³-hybridized carbons (Fsp3) is 0.333. The lowest BCUT2D eigenvalue weighted by Gasteiger charge is -2.17. The molecular weight excluding hydrogens is 382 g/mol. The SMILES string of the molecule is CCc1nc2ccc(Oc3ccccc3C)c(C)c2c(OC(=O)OCCOC)c1C. The Bertz CT molecular complexity index is 1060. The maximum absolute atomic E-state index is 12.3. The van der Waals surface area contributed by atoms with Crippen molar-refractivity contribution >= 4 is 17.1 Å². The number of carbonyl (C=O) groups is 1. The van der Waals surface area contributed by atoms with Crippen molar-refractivity contribution in [1.29, 1.82) is 0 Å². The molecule has 2 aromatic carbocycles. The molecule has 1 aromatic heterocycles. The van der Waals surface area contributed by atoms with Gasteiger partial charge in [0.25, 0.3) is 0 Å². The zero-order valence-electron chi connectivity index (χ0n) is 18.1. The first-order valence-electron chi connectivity index (χ1n) is 9.96. The first-order valence-corrected chi connectivity index (χ1v) is 9.96. The molecule has 0 saturated carbocycles. The highest BCUT2D eigenvalue weighted by atomic mass is 16.7. The van der Waals surface area contributed by atoms with Gasteiger partial charge in [0.15, 0.2) is 0 Å². The van der Waals surface area contributed by atoms with Gasteiger partial charge in [-0.1, -0.05) is 25.1 Å². The van der Waals surface area contributed by atoms with Crippen LogP contribution in [-0.4, -0.2) is 31.5 Å². The third kappa shape index (κ3) is 4.54. The summed E-state index contributed by atoms with van der Waals surface area (Å²) in [5, 5.41) is 0.736. The van der Waals surface area contributed by atoms with Crippen LogP contribution in [0.1, 0.15) is 29.3 Å². The minimum Gasteiger partial charge on any atom is -0.457 e. The van der Waals surface area contributed by atoms with Crippen LogP contribution in [-0.2, 0) is 15.9 Å². The number of benzene rings is 2. The van der Waals surface area contributed by atoms with E-state index in [0.29, 0.717) is 18.1 Å². The molecule has 0 aliphatic heterocycles. The number of hydrogen-bond donors (Lipinski definition) is 0. The normalized spacial score (nSPS) is 10.8. The Morgan fingerprint density at radius 1 is 0.967 bits per heavy atom. The molecule has 0 unspecified atom stereocenters. The molecule has 0 atom stereocenters. The lowest BCUT2D eigenvalue weighted by molar-refractivity contribution is 0.0687. The van der Waals surface area contributed by atoms with Gasteiger partial charge in [0.05, 0.1) is 17.5 Å². The van der Waals surface area contributed by atoms with Crippen LogP contribution < -0.4 is 9.47 Å². The van der Waals surface area contributed by atoms with Crippen LogP contribution in [0.4, 0.5) is 4.79 Å². The van der Waals surface area contributed by atoms with Gasteiger partial charge in [0.2, 0.25) is 0 Å². The van der Waals surface area contributed by atoms with E-state index in [9.17, 15) is 4.79 Å². The largest absolute Gasteiger partial charge is 0.513 e. The van der Waals surface area contributed by atoms with Gasteiger partial charge in [0, 0.05) is 23.9 Å². The molecule has 0 aliphatic carbocycles. The summed E-state index contributed by atoms with van der Waals surface area (Å²) in [5.74, 6) is 1.91. The second-order valence-corrected chi connectivity index (χ2v) is 7.01. The van der Waals surface area contributed by atoms with Crippen LogP contribution in [0, 0.1) is 20.8 Å². The summed E-state index contributed by atoms with van der Waals surface area (Å²) in [7, 11) is 1.54. The zero-order valence-corrected chi connectivity index (χ0v) is 18.1. The maximum Gasteiger partial charge on any atom is 0.513 e. The number of nitrogens with zero attached hydrogens (tertiary/aromatic N) is 1. The molecule has 6 nitrogen and oxygen atoms in total. The molecule has 1 heterocycles. The molecule has 30 heavy (non-hydrogen) atoms. The minimum atomic E-state index is -0.769. The van der Waals surface area contributed by atoms with Gasteiger partial charge < -0.3 is 18.9 Å². The predicted octanol–water partition coefficient (Wildman–Crippen LogP) is 5.68. The van der Waals surface area contributed by atoms with E-state index in [-0.39, 0.29) is 6.61 Å². The number of para-hydroxylation sites is 1. The van der Waals surface area contributed by atoms with Gasteiger partial charge in [-0.05, 0) is 51.0 Å². The van der Waals surface area contributed by atoms with Gasteiger partial charge in [-0.3, -0.25) is 4.98 Å². The van der Waals surface area contributed by atoms with Crippen LogP contribution in [0.2, 0.25) is 0 Å². The van der Waals surface area contributed by atoms with Crippen molar-refractivity contribution in [3.63, 3.8) is 0 Å². The number of hydrogen-bond acceptors (Lipinski definition) is 6. The Labute approximate surface area is 176 Å². The second-order valence-electron chi connectivity index (χ2n) is 7.01. The summed E-state index contributed by atoms with van der Waals surface area (Å²) in [5.41, 5.74) is 4.30. The fourth-order valence-electron chi connectivity index (χ4n) is 3.30. The molecule has 158 valence electrons. The minimum absolute atomic E-state index is 0.124. The van der Waals surface area contributed by atoms with Crippen molar-refractivity contribution < 1.29 is 23.7 Å². The number of pyridine rings is 1. The van der Waals surface area contributed by atoms with E-state index in [2.05, 4.69) is 0 Å². The number of rotatable bonds is 7. The van der Waals surface area contributed by atoms with Gasteiger partial charge in [-0.15, -0.1) is 0 Å². The second kappa shape index (κ2) is 9.59.